The van der Waals surface area contributed by atoms with E-state index in [9.17, 15) is 9.59 Å². The van der Waals surface area contributed by atoms with Gasteiger partial charge in [-0.15, -0.1) is 11.3 Å². The van der Waals surface area contributed by atoms with Crippen molar-refractivity contribution in [3.05, 3.63) is 45.5 Å². The van der Waals surface area contributed by atoms with Crippen LogP contribution < -0.4 is 5.32 Å². The maximum Gasteiger partial charge on any atom is 0.371 e. The van der Waals surface area contributed by atoms with Crippen LogP contribution in [0.15, 0.2) is 28.7 Å². The van der Waals surface area contributed by atoms with Gasteiger partial charge in [-0.25, -0.2) is 4.79 Å². The third-order valence-corrected chi connectivity index (χ3v) is 3.26. The summed E-state index contributed by atoms with van der Waals surface area (Å²) in [5.74, 6) is -1.86. The monoisotopic (exact) mass is 265 g/mol. The molecular formula is C12H11NO4S. The molecule has 0 aromatic carbocycles. The van der Waals surface area contributed by atoms with Gasteiger partial charge < -0.3 is 14.8 Å². The molecule has 0 fully saturated rings. The van der Waals surface area contributed by atoms with Crippen LogP contribution >= 0.6 is 11.3 Å². The number of thiophene rings is 1. The van der Waals surface area contributed by atoms with Gasteiger partial charge >= 0.3 is 5.97 Å². The third-order valence-electron chi connectivity index (χ3n) is 2.26. The Morgan fingerprint density at radius 1 is 1.28 bits per heavy atom. The number of furan rings is 1. The standard InChI is InChI=1S/C12H11NO4S/c1-7-2-3-8(18-7)6-13-11(14)9-4-5-10(17-9)12(15)16/h2-5H,6H2,1H3,(H,13,14)(H,15,16). The van der Waals surface area contributed by atoms with Crippen molar-refractivity contribution in [1.29, 1.82) is 0 Å². The first-order valence-corrected chi connectivity index (χ1v) is 6.04. The molecule has 2 aromatic rings. The van der Waals surface area contributed by atoms with E-state index >= 15 is 0 Å². The van der Waals surface area contributed by atoms with Crippen molar-refractivity contribution in [2.75, 3.05) is 0 Å². The van der Waals surface area contributed by atoms with E-state index in [1.54, 1.807) is 11.3 Å². The van der Waals surface area contributed by atoms with Gasteiger partial charge in [0.2, 0.25) is 5.76 Å². The molecule has 0 aliphatic rings. The molecule has 0 atom stereocenters. The van der Waals surface area contributed by atoms with E-state index in [0.717, 1.165) is 4.88 Å². The molecular weight excluding hydrogens is 254 g/mol. The van der Waals surface area contributed by atoms with Crippen LogP contribution in [0.1, 0.15) is 30.9 Å². The van der Waals surface area contributed by atoms with Crippen LogP contribution in [-0.2, 0) is 6.54 Å². The zero-order valence-corrected chi connectivity index (χ0v) is 10.4. The number of carboxylic acid groups (broad SMARTS) is 1. The number of amides is 1. The summed E-state index contributed by atoms with van der Waals surface area (Å²) in [6, 6.07) is 6.51. The molecule has 6 heteroatoms. The lowest BCUT2D eigenvalue weighted by Crippen LogP contribution is -2.21. The molecule has 0 saturated carbocycles. The molecule has 0 radical (unpaired) electrons. The Labute approximate surface area is 107 Å². The molecule has 2 N–H and O–H groups in total. The Bertz CT molecular complexity index is 584. The number of hydrogen-bond donors (Lipinski definition) is 2. The Kier molecular flexibility index (Phi) is 3.47. The fourth-order valence-corrected chi connectivity index (χ4v) is 2.24. The Morgan fingerprint density at radius 3 is 2.56 bits per heavy atom. The number of carbonyl (C=O) groups excluding carboxylic acids is 1. The summed E-state index contributed by atoms with van der Waals surface area (Å²) in [5.41, 5.74) is 0. The minimum Gasteiger partial charge on any atom is -0.475 e. The topological polar surface area (TPSA) is 79.5 Å². The van der Waals surface area contributed by atoms with Crippen molar-refractivity contribution < 1.29 is 19.1 Å². The van der Waals surface area contributed by atoms with E-state index in [1.165, 1.54) is 17.0 Å². The van der Waals surface area contributed by atoms with Gasteiger partial charge in [0.05, 0.1) is 6.54 Å². The van der Waals surface area contributed by atoms with Crippen LogP contribution in [0.2, 0.25) is 0 Å². The van der Waals surface area contributed by atoms with E-state index in [4.69, 9.17) is 9.52 Å². The predicted molar refractivity (Wildman–Crippen MR) is 65.9 cm³/mol. The molecule has 94 valence electrons. The molecule has 2 rings (SSSR count). The summed E-state index contributed by atoms with van der Waals surface area (Å²) in [6.45, 7) is 2.39. The molecule has 0 aliphatic carbocycles. The van der Waals surface area contributed by atoms with Crippen LogP contribution in [0, 0.1) is 6.92 Å². The van der Waals surface area contributed by atoms with Crippen molar-refractivity contribution in [3.8, 4) is 0 Å². The second-order valence-electron chi connectivity index (χ2n) is 3.66. The summed E-state index contributed by atoms with van der Waals surface area (Å²) in [7, 11) is 0. The molecule has 5 nitrogen and oxygen atoms in total. The lowest BCUT2D eigenvalue weighted by atomic mass is 10.4. The van der Waals surface area contributed by atoms with Gasteiger partial charge in [-0.3, -0.25) is 4.79 Å². The smallest absolute Gasteiger partial charge is 0.371 e. The number of hydrogen-bond acceptors (Lipinski definition) is 4. The maximum atomic E-state index is 11.7. The van der Waals surface area contributed by atoms with Gasteiger partial charge in [0.25, 0.3) is 5.91 Å². The lowest BCUT2D eigenvalue weighted by Gasteiger charge is -2.00. The normalized spacial score (nSPS) is 10.3. The van der Waals surface area contributed by atoms with Crippen molar-refractivity contribution in [2.24, 2.45) is 0 Å². The van der Waals surface area contributed by atoms with Crippen LogP contribution in [0.3, 0.4) is 0 Å². The number of aromatic carboxylic acids is 1. The summed E-state index contributed by atoms with van der Waals surface area (Å²) in [6.07, 6.45) is 0. The van der Waals surface area contributed by atoms with Gasteiger partial charge in [0.15, 0.2) is 5.76 Å². The van der Waals surface area contributed by atoms with E-state index in [2.05, 4.69) is 5.32 Å². The summed E-state index contributed by atoms with van der Waals surface area (Å²) < 4.78 is 4.89. The van der Waals surface area contributed by atoms with E-state index in [1.807, 2.05) is 19.1 Å². The number of rotatable bonds is 4. The van der Waals surface area contributed by atoms with Gasteiger partial charge in [-0.05, 0) is 31.2 Å². The molecule has 0 spiro atoms. The van der Waals surface area contributed by atoms with Crippen LogP contribution in [-0.4, -0.2) is 17.0 Å². The number of nitrogens with one attached hydrogen (secondary N) is 1. The lowest BCUT2D eigenvalue weighted by molar-refractivity contribution is 0.0659. The van der Waals surface area contributed by atoms with Crippen LogP contribution in [0.4, 0.5) is 0 Å². The molecule has 1 amide bonds. The minimum atomic E-state index is -1.19. The number of aryl methyl sites for hydroxylation is 1. The quantitative estimate of drug-likeness (QED) is 0.888. The fraction of sp³-hybridized carbons (Fsp3) is 0.167. The SMILES string of the molecule is Cc1ccc(CNC(=O)c2ccc(C(=O)O)o2)s1. The molecule has 2 aromatic heterocycles. The van der Waals surface area contributed by atoms with Gasteiger partial charge in [-0.1, -0.05) is 0 Å². The highest BCUT2D eigenvalue weighted by molar-refractivity contribution is 7.11. The van der Waals surface area contributed by atoms with E-state index < -0.39 is 11.9 Å². The zero-order valence-electron chi connectivity index (χ0n) is 9.60. The maximum absolute atomic E-state index is 11.7. The van der Waals surface area contributed by atoms with Crippen molar-refractivity contribution in [3.63, 3.8) is 0 Å². The summed E-state index contributed by atoms with van der Waals surface area (Å²) in [4.78, 5) is 24.5. The average Bonchev–Trinajstić information content (AvgIpc) is 2.94. The number of carbonyl (C=O) groups is 2. The third kappa shape index (κ3) is 2.78. The van der Waals surface area contributed by atoms with Crippen molar-refractivity contribution >= 4 is 23.2 Å². The van der Waals surface area contributed by atoms with Crippen LogP contribution in [0.25, 0.3) is 0 Å². The molecule has 18 heavy (non-hydrogen) atoms. The average molecular weight is 265 g/mol. The highest BCUT2D eigenvalue weighted by Gasteiger charge is 2.14. The first-order chi connectivity index (χ1) is 8.56. The number of carboxylic acids is 1. The molecule has 2 heterocycles. The summed E-state index contributed by atoms with van der Waals surface area (Å²) in [5, 5.41) is 11.3. The van der Waals surface area contributed by atoms with Crippen molar-refractivity contribution in [1.82, 2.24) is 5.32 Å². The molecule has 0 unspecified atom stereocenters. The van der Waals surface area contributed by atoms with Crippen molar-refractivity contribution in [2.45, 2.75) is 13.5 Å². The Balaban J connectivity index is 1.97. The molecule has 0 saturated heterocycles. The Hall–Kier alpha value is -2.08. The second kappa shape index (κ2) is 5.05. The molecule has 0 bridgehead atoms. The highest BCUT2D eigenvalue weighted by Crippen LogP contribution is 2.15. The zero-order chi connectivity index (χ0) is 13.1. The molecule has 0 aliphatic heterocycles. The predicted octanol–water partition coefficient (Wildman–Crippen LogP) is 2.28. The first-order valence-electron chi connectivity index (χ1n) is 5.23. The largest absolute Gasteiger partial charge is 0.475 e. The minimum absolute atomic E-state index is 0.000628. The highest BCUT2D eigenvalue weighted by atomic mass is 32.1. The van der Waals surface area contributed by atoms with Gasteiger partial charge in [0.1, 0.15) is 0 Å². The first kappa shape index (κ1) is 12.4. The van der Waals surface area contributed by atoms with E-state index in [-0.39, 0.29) is 11.5 Å². The second-order valence-corrected chi connectivity index (χ2v) is 5.04. The fourth-order valence-electron chi connectivity index (χ4n) is 1.41. The van der Waals surface area contributed by atoms with Crippen LogP contribution in [0.5, 0.6) is 0 Å². The van der Waals surface area contributed by atoms with E-state index in [0.29, 0.717) is 6.54 Å². The summed E-state index contributed by atoms with van der Waals surface area (Å²) >= 11 is 1.60. The van der Waals surface area contributed by atoms with Gasteiger partial charge in [-0.2, -0.15) is 0 Å². The Morgan fingerprint density at radius 2 is 2.00 bits per heavy atom. The van der Waals surface area contributed by atoms with Gasteiger partial charge in [0, 0.05) is 9.75 Å².